The number of benzene rings is 1. The number of hydrogen-bond donors (Lipinski definition) is 1. The number of pyridine rings is 1. The predicted octanol–water partition coefficient (Wildman–Crippen LogP) is 3.54. The first-order valence-corrected chi connectivity index (χ1v) is 9.92. The molecule has 3 aromatic rings. The Morgan fingerprint density at radius 3 is 2.87 bits per heavy atom. The third-order valence-corrected chi connectivity index (χ3v) is 5.57. The molecule has 0 fully saturated rings. The minimum absolute atomic E-state index is 0.388. The van der Waals surface area contributed by atoms with E-state index in [4.69, 9.17) is 4.74 Å². The summed E-state index contributed by atoms with van der Waals surface area (Å²) in [5.74, 6) is 1.69. The van der Waals surface area contributed by atoms with Gasteiger partial charge in [-0.15, -0.1) is 10.2 Å². The number of fused-ring (bicyclic) bond motifs is 1. The molecule has 2 aromatic heterocycles. The Hall–Kier alpha value is -3.66. The van der Waals surface area contributed by atoms with Crippen LogP contribution >= 0.6 is 0 Å². The Bertz CT molecular complexity index is 1120. The number of nitrogens with one attached hydrogen (secondary N) is 1. The maximum atomic E-state index is 9.18. The van der Waals surface area contributed by atoms with Gasteiger partial charge in [-0.1, -0.05) is 12.1 Å². The van der Waals surface area contributed by atoms with E-state index in [0.29, 0.717) is 12.2 Å². The molecule has 1 aliphatic heterocycles. The zero-order chi connectivity index (χ0) is 21.1. The fraction of sp³-hybridized carbons (Fsp3) is 0.304. The molecular formula is C23H24N6O. The first-order chi connectivity index (χ1) is 14.6. The van der Waals surface area contributed by atoms with E-state index in [0.717, 1.165) is 59.1 Å². The second-order valence-electron chi connectivity index (χ2n) is 7.44. The van der Waals surface area contributed by atoms with Crippen LogP contribution in [0, 0.1) is 25.2 Å². The number of nitrogens with zero attached hydrogens (tertiary/aromatic N) is 5. The molecule has 4 rings (SSSR count). The summed E-state index contributed by atoms with van der Waals surface area (Å²) in [7, 11) is 1.67. The second-order valence-corrected chi connectivity index (χ2v) is 7.44. The van der Waals surface area contributed by atoms with Crippen molar-refractivity contribution >= 4 is 11.5 Å². The first-order valence-electron chi connectivity index (χ1n) is 9.92. The van der Waals surface area contributed by atoms with Gasteiger partial charge in [0.2, 0.25) is 0 Å². The maximum Gasteiger partial charge on any atom is 0.166 e. The Balaban J connectivity index is 1.51. The number of anilines is 2. The minimum atomic E-state index is 0.388. The van der Waals surface area contributed by atoms with Gasteiger partial charge in [-0.05, 0) is 54.3 Å². The Labute approximate surface area is 176 Å². The van der Waals surface area contributed by atoms with Crippen LogP contribution < -0.4 is 15.0 Å². The van der Waals surface area contributed by atoms with E-state index >= 15 is 0 Å². The van der Waals surface area contributed by atoms with Crippen LogP contribution in [0.2, 0.25) is 0 Å². The molecule has 0 aliphatic carbocycles. The van der Waals surface area contributed by atoms with Crippen molar-refractivity contribution < 1.29 is 4.74 Å². The van der Waals surface area contributed by atoms with Crippen LogP contribution in [0.1, 0.15) is 33.6 Å². The number of methoxy groups -OCH3 is 1. The highest BCUT2D eigenvalue weighted by Crippen LogP contribution is 2.27. The van der Waals surface area contributed by atoms with Crippen LogP contribution in [0.5, 0.6) is 5.75 Å². The van der Waals surface area contributed by atoms with Crippen molar-refractivity contribution in [3.8, 4) is 11.8 Å². The lowest BCUT2D eigenvalue weighted by molar-refractivity contribution is 0.414. The minimum Gasteiger partial charge on any atom is -0.497 e. The van der Waals surface area contributed by atoms with Crippen molar-refractivity contribution in [3.05, 3.63) is 70.2 Å². The van der Waals surface area contributed by atoms with E-state index in [1.54, 1.807) is 7.11 Å². The number of nitriles is 1. The average Bonchev–Trinajstić information content (AvgIpc) is 2.79. The van der Waals surface area contributed by atoms with E-state index in [2.05, 4.69) is 43.6 Å². The third-order valence-electron chi connectivity index (χ3n) is 5.57. The zero-order valence-corrected chi connectivity index (χ0v) is 17.4. The van der Waals surface area contributed by atoms with Crippen molar-refractivity contribution in [3.63, 3.8) is 0 Å². The molecule has 7 nitrogen and oxygen atoms in total. The van der Waals surface area contributed by atoms with Gasteiger partial charge in [-0.25, -0.2) is 0 Å². The molecule has 0 saturated carbocycles. The van der Waals surface area contributed by atoms with Gasteiger partial charge in [-0.3, -0.25) is 4.98 Å². The standard InChI is InChI=1S/C23H24N6O/c1-15-16(2)23(28-27-22(15)11-24)29-8-7-21-18(14-29)10-19(13-26-21)25-12-17-5-4-6-20(9-17)30-3/h4-6,9-10,13,25H,7-8,12,14H2,1-3H3. The summed E-state index contributed by atoms with van der Waals surface area (Å²) in [4.78, 5) is 6.88. The molecule has 0 amide bonds. The van der Waals surface area contributed by atoms with Crippen LogP contribution in [0.25, 0.3) is 0 Å². The van der Waals surface area contributed by atoms with Crippen molar-refractivity contribution in [1.29, 1.82) is 5.26 Å². The maximum absolute atomic E-state index is 9.18. The highest BCUT2D eigenvalue weighted by atomic mass is 16.5. The quantitative estimate of drug-likeness (QED) is 0.701. The lowest BCUT2D eigenvalue weighted by atomic mass is 10.0. The fourth-order valence-corrected chi connectivity index (χ4v) is 3.69. The lowest BCUT2D eigenvalue weighted by Crippen LogP contribution is -2.32. The van der Waals surface area contributed by atoms with Crippen molar-refractivity contribution in [2.75, 3.05) is 23.9 Å². The molecule has 0 spiro atoms. The fourth-order valence-electron chi connectivity index (χ4n) is 3.69. The van der Waals surface area contributed by atoms with Gasteiger partial charge in [-0.2, -0.15) is 5.26 Å². The van der Waals surface area contributed by atoms with Crippen LogP contribution in [-0.4, -0.2) is 28.8 Å². The second kappa shape index (κ2) is 8.37. The SMILES string of the molecule is COc1cccc(CNc2cnc3c(c2)CN(c2nnc(C#N)c(C)c2C)CC3)c1. The number of aromatic nitrogens is 3. The van der Waals surface area contributed by atoms with Crippen LogP contribution in [0.15, 0.2) is 36.5 Å². The van der Waals surface area contributed by atoms with E-state index in [9.17, 15) is 5.26 Å². The molecular weight excluding hydrogens is 376 g/mol. The van der Waals surface area contributed by atoms with Gasteiger partial charge in [0.05, 0.1) is 19.0 Å². The number of rotatable bonds is 5. The molecule has 0 bridgehead atoms. The van der Waals surface area contributed by atoms with Crippen molar-refractivity contribution in [1.82, 2.24) is 15.2 Å². The Morgan fingerprint density at radius 2 is 2.07 bits per heavy atom. The highest BCUT2D eigenvalue weighted by molar-refractivity contribution is 5.55. The molecule has 152 valence electrons. The summed E-state index contributed by atoms with van der Waals surface area (Å²) >= 11 is 0. The van der Waals surface area contributed by atoms with Gasteiger partial charge in [0.15, 0.2) is 11.5 Å². The van der Waals surface area contributed by atoms with Crippen LogP contribution in [0.3, 0.4) is 0 Å². The summed E-state index contributed by atoms with van der Waals surface area (Å²) < 4.78 is 5.29. The Kier molecular flexibility index (Phi) is 5.48. The van der Waals surface area contributed by atoms with Crippen LogP contribution in [0.4, 0.5) is 11.5 Å². The summed E-state index contributed by atoms with van der Waals surface area (Å²) in [6.45, 7) is 6.17. The molecule has 0 atom stereocenters. The van der Waals surface area contributed by atoms with Gasteiger partial charge in [0.25, 0.3) is 0 Å². The molecule has 0 radical (unpaired) electrons. The summed E-state index contributed by atoms with van der Waals surface area (Å²) in [6.07, 6.45) is 2.75. The predicted molar refractivity (Wildman–Crippen MR) is 116 cm³/mol. The molecule has 0 unspecified atom stereocenters. The molecule has 0 saturated heterocycles. The summed E-state index contributed by atoms with van der Waals surface area (Å²) in [5, 5.41) is 21.0. The molecule has 1 N–H and O–H groups in total. The smallest absolute Gasteiger partial charge is 0.166 e. The van der Waals surface area contributed by atoms with Gasteiger partial charge < -0.3 is 15.0 Å². The third kappa shape index (κ3) is 3.90. The van der Waals surface area contributed by atoms with Crippen molar-refractivity contribution in [2.45, 2.75) is 33.4 Å². The number of ether oxygens (including phenoxy) is 1. The van der Waals surface area contributed by atoms with Gasteiger partial charge in [0.1, 0.15) is 11.8 Å². The van der Waals surface area contributed by atoms with Gasteiger partial charge in [0, 0.05) is 31.7 Å². The monoisotopic (exact) mass is 400 g/mol. The number of hydrogen-bond acceptors (Lipinski definition) is 7. The molecule has 1 aromatic carbocycles. The molecule has 3 heterocycles. The summed E-state index contributed by atoms with van der Waals surface area (Å²) in [5.41, 5.74) is 6.71. The van der Waals surface area contributed by atoms with Gasteiger partial charge >= 0.3 is 0 Å². The van der Waals surface area contributed by atoms with Crippen LogP contribution in [-0.2, 0) is 19.5 Å². The van der Waals surface area contributed by atoms with Crippen molar-refractivity contribution in [2.24, 2.45) is 0 Å². The molecule has 30 heavy (non-hydrogen) atoms. The lowest BCUT2D eigenvalue weighted by Gasteiger charge is -2.30. The topological polar surface area (TPSA) is 87.0 Å². The van der Waals surface area contributed by atoms with E-state index in [-0.39, 0.29) is 0 Å². The van der Waals surface area contributed by atoms with E-state index < -0.39 is 0 Å². The molecule has 1 aliphatic rings. The normalized spacial score (nSPS) is 12.8. The van der Waals surface area contributed by atoms with E-state index in [1.807, 2.05) is 38.2 Å². The highest BCUT2D eigenvalue weighted by Gasteiger charge is 2.22. The first kappa shape index (κ1) is 19.6. The zero-order valence-electron chi connectivity index (χ0n) is 17.4. The summed E-state index contributed by atoms with van der Waals surface area (Å²) in [6, 6.07) is 12.3. The largest absolute Gasteiger partial charge is 0.497 e. The molecule has 7 heteroatoms. The van der Waals surface area contributed by atoms with E-state index in [1.165, 1.54) is 5.56 Å². The Morgan fingerprint density at radius 1 is 1.20 bits per heavy atom. The average molecular weight is 400 g/mol.